The first-order chi connectivity index (χ1) is 10.7. The van der Waals surface area contributed by atoms with Crippen LogP contribution in [0.1, 0.15) is 12.7 Å². The Hall–Kier alpha value is -1.68. The minimum Gasteiger partial charge on any atom is -0.360 e. The third kappa shape index (κ3) is 4.41. The lowest BCUT2D eigenvalue weighted by Gasteiger charge is -2.13. The van der Waals surface area contributed by atoms with E-state index in [0.717, 1.165) is 12.3 Å². The second kappa shape index (κ2) is 6.83. The Labute approximate surface area is 142 Å². The van der Waals surface area contributed by atoms with Gasteiger partial charge < -0.3 is 9.84 Å². The number of pyridine rings is 1. The predicted molar refractivity (Wildman–Crippen MR) is 83.9 cm³/mol. The molecule has 0 fully saturated rings. The van der Waals surface area contributed by atoms with Gasteiger partial charge in [0, 0.05) is 12.3 Å². The minimum absolute atomic E-state index is 0.00952. The van der Waals surface area contributed by atoms with Crippen molar-refractivity contribution in [3.8, 4) is 0 Å². The van der Waals surface area contributed by atoms with Crippen molar-refractivity contribution < 1.29 is 17.7 Å². The predicted octanol–water partition coefficient (Wildman–Crippen LogP) is 1.99. The van der Waals surface area contributed by atoms with Gasteiger partial charge in [-0.15, -0.1) is 0 Å². The SMILES string of the molecule is Cc1cc(NC(=O)[C@H](C)NS(=O)(=O)c2cnc(Cl)c(Cl)c2)no1. The summed E-state index contributed by atoms with van der Waals surface area (Å²) < 4.78 is 31.4. The van der Waals surface area contributed by atoms with Gasteiger partial charge >= 0.3 is 0 Å². The van der Waals surface area contributed by atoms with Crippen molar-refractivity contribution in [3.63, 3.8) is 0 Å². The number of nitrogens with one attached hydrogen (secondary N) is 2. The third-order valence-corrected chi connectivity index (χ3v) is 4.88. The molecule has 1 atom stereocenters. The smallest absolute Gasteiger partial charge is 0.243 e. The molecule has 0 unspecified atom stereocenters. The van der Waals surface area contributed by atoms with Gasteiger partial charge in [-0.1, -0.05) is 28.4 Å². The molecule has 0 saturated heterocycles. The number of anilines is 1. The fourth-order valence-electron chi connectivity index (χ4n) is 1.56. The van der Waals surface area contributed by atoms with Crippen molar-refractivity contribution in [2.45, 2.75) is 24.8 Å². The van der Waals surface area contributed by atoms with Crippen molar-refractivity contribution >= 4 is 45.0 Å². The number of sulfonamides is 1. The largest absolute Gasteiger partial charge is 0.360 e. The zero-order valence-corrected chi connectivity index (χ0v) is 14.3. The molecule has 0 aliphatic carbocycles. The quantitative estimate of drug-likeness (QED) is 0.768. The molecule has 23 heavy (non-hydrogen) atoms. The molecule has 8 nitrogen and oxygen atoms in total. The van der Waals surface area contributed by atoms with Gasteiger partial charge in [-0.25, -0.2) is 13.4 Å². The summed E-state index contributed by atoms with van der Waals surface area (Å²) in [6.07, 6.45) is 1.04. The summed E-state index contributed by atoms with van der Waals surface area (Å²) in [7, 11) is -3.99. The first kappa shape index (κ1) is 17.7. The van der Waals surface area contributed by atoms with Crippen LogP contribution in [0.5, 0.6) is 0 Å². The van der Waals surface area contributed by atoms with Gasteiger partial charge in [0.05, 0.1) is 11.1 Å². The standard InChI is InChI=1S/C12H12Cl2N4O4S/c1-6-3-10(17-22-6)16-12(19)7(2)18-23(20,21)8-4-9(13)11(14)15-5-8/h3-5,7,18H,1-2H3,(H,16,17,19)/t7-/m0/s1. The van der Waals surface area contributed by atoms with E-state index < -0.39 is 22.0 Å². The first-order valence-electron chi connectivity index (χ1n) is 6.26. The Kier molecular flexibility index (Phi) is 5.25. The van der Waals surface area contributed by atoms with Gasteiger partial charge in [0.25, 0.3) is 0 Å². The summed E-state index contributed by atoms with van der Waals surface area (Å²) >= 11 is 11.4. The topological polar surface area (TPSA) is 114 Å². The van der Waals surface area contributed by atoms with E-state index in [1.54, 1.807) is 6.92 Å². The van der Waals surface area contributed by atoms with Crippen LogP contribution < -0.4 is 10.0 Å². The number of carbonyl (C=O) groups is 1. The maximum absolute atomic E-state index is 12.2. The number of carbonyl (C=O) groups excluding carboxylic acids is 1. The summed E-state index contributed by atoms with van der Waals surface area (Å²) in [6, 6.07) is 1.58. The van der Waals surface area contributed by atoms with Gasteiger partial charge in [0.2, 0.25) is 15.9 Å². The van der Waals surface area contributed by atoms with E-state index in [4.69, 9.17) is 27.7 Å². The number of hydrogen-bond donors (Lipinski definition) is 2. The molecule has 11 heteroatoms. The number of rotatable bonds is 5. The highest BCUT2D eigenvalue weighted by molar-refractivity contribution is 7.89. The van der Waals surface area contributed by atoms with Crippen LogP contribution in [0.3, 0.4) is 0 Å². The minimum atomic E-state index is -3.99. The maximum atomic E-state index is 12.2. The van der Waals surface area contributed by atoms with E-state index in [0.29, 0.717) is 5.76 Å². The van der Waals surface area contributed by atoms with E-state index in [2.05, 4.69) is 20.2 Å². The van der Waals surface area contributed by atoms with Gasteiger partial charge in [-0.2, -0.15) is 4.72 Å². The molecule has 0 saturated carbocycles. The molecule has 2 aromatic rings. The van der Waals surface area contributed by atoms with Crippen LogP contribution >= 0.6 is 23.2 Å². The number of hydrogen-bond acceptors (Lipinski definition) is 6. The molecule has 0 aliphatic heterocycles. The molecule has 2 rings (SSSR count). The fraction of sp³-hybridized carbons (Fsp3) is 0.250. The highest BCUT2D eigenvalue weighted by atomic mass is 35.5. The number of nitrogens with zero attached hydrogens (tertiary/aromatic N) is 2. The van der Waals surface area contributed by atoms with Crippen LogP contribution in [0.25, 0.3) is 0 Å². The number of amides is 1. The maximum Gasteiger partial charge on any atom is 0.243 e. The molecule has 0 spiro atoms. The van der Waals surface area contributed by atoms with Gasteiger partial charge in [0.15, 0.2) is 5.82 Å². The van der Waals surface area contributed by atoms with Crippen LogP contribution in [0.15, 0.2) is 27.7 Å². The summed E-state index contributed by atoms with van der Waals surface area (Å²) in [6.45, 7) is 3.04. The summed E-state index contributed by atoms with van der Waals surface area (Å²) in [5.41, 5.74) is 0. The normalized spacial score (nSPS) is 12.9. The molecule has 0 bridgehead atoms. The molecular formula is C12H12Cl2N4O4S. The lowest BCUT2D eigenvalue weighted by atomic mass is 10.3. The summed E-state index contributed by atoms with van der Waals surface area (Å²) in [5, 5.41) is 5.99. The Morgan fingerprint density at radius 3 is 2.61 bits per heavy atom. The average Bonchev–Trinajstić information content (AvgIpc) is 2.86. The van der Waals surface area contributed by atoms with Crippen LogP contribution in [0.2, 0.25) is 10.2 Å². The van der Waals surface area contributed by atoms with E-state index in [1.807, 2.05) is 0 Å². The van der Waals surface area contributed by atoms with Gasteiger partial charge in [0.1, 0.15) is 15.8 Å². The molecule has 2 aromatic heterocycles. The number of aryl methyl sites for hydroxylation is 1. The number of halogens is 2. The molecular weight excluding hydrogens is 367 g/mol. The van der Waals surface area contributed by atoms with E-state index in [-0.39, 0.29) is 20.9 Å². The Morgan fingerprint density at radius 1 is 1.35 bits per heavy atom. The molecule has 0 aromatic carbocycles. The van der Waals surface area contributed by atoms with Crippen LogP contribution in [-0.2, 0) is 14.8 Å². The molecule has 2 heterocycles. The second-order valence-electron chi connectivity index (χ2n) is 4.60. The van der Waals surface area contributed by atoms with Crippen LogP contribution in [0.4, 0.5) is 5.82 Å². The molecule has 0 radical (unpaired) electrons. The average molecular weight is 379 g/mol. The summed E-state index contributed by atoms with van der Waals surface area (Å²) in [5.74, 6) is 0.0973. The van der Waals surface area contributed by atoms with Crippen molar-refractivity contribution in [1.82, 2.24) is 14.9 Å². The van der Waals surface area contributed by atoms with Gasteiger partial charge in [-0.3, -0.25) is 4.79 Å². The van der Waals surface area contributed by atoms with Crippen molar-refractivity contribution in [2.75, 3.05) is 5.32 Å². The Balaban J connectivity index is 2.09. The van der Waals surface area contributed by atoms with E-state index >= 15 is 0 Å². The lowest BCUT2D eigenvalue weighted by molar-refractivity contribution is -0.117. The zero-order chi connectivity index (χ0) is 17.2. The third-order valence-electron chi connectivity index (χ3n) is 2.69. The molecule has 2 N–H and O–H groups in total. The van der Waals surface area contributed by atoms with E-state index in [1.165, 1.54) is 13.0 Å². The molecule has 1 amide bonds. The monoisotopic (exact) mass is 378 g/mol. The van der Waals surface area contributed by atoms with Crippen LogP contribution in [0, 0.1) is 6.92 Å². The fourth-order valence-corrected chi connectivity index (χ4v) is 3.07. The van der Waals surface area contributed by atoms with Crippen molar-refractivity contribution in [1.29, 1.82) is 0 Å². The number of aromatic nitrogens is 2. The Morgan fingerprint density at radius 2 is 2.04 bits per heavy atom. The zero-order valence-electron chi connectivity index (χ0n) is 12.0. The van der Waals surface area contributed by atoms with Crippen molar-refractivity contribution in [2.24, 2.45) is 0 Å². The highest BCUT2D eigenvalue weighted by Gasteiger charge is 2.23. The second-order valence-corrected chi connectivity index (χ2v) is 7.08. The van der Waals surface area contributed by atoms with Gasteiger partial charge in [-0.05, 0) is 19.9 Å². The van der Waals surface area contributed by atoms with Crippen LogP contribution in [-0.4, -0.2) is 30.5 Å². The Bertz CT molecular complexity index is 837. The molecule has 0 aliphatic rings. The molecule has 124 valence electrons. The highest BCUT2D eigenvalue weighted by Crippen LogP contribution is 2.22. The first-order valence-corrected chi connectivity index (χ1v) is 8.50. The van der Waals surface area contributed by atoms with E-state index in [9.17, 15) is 13.2 Å². The summed E-state index contributed by atoms with van der Waals surface area (Å²) in [4.78, 5) is 15.4. The van der Waals surface area contributed by atoms with Crippen molar-refractivity contribution in [3.05, 3.63) is 34.3 Å². The lowest BCUT2D eigenvalue weighted by Crippen LogP contribution is -2.41.